The van der Waals surface area contributed by atoms with Gasteiger partial charge in [-0.15, -0.1) is 0 Å². The topological polar surface area (TPSA) is 61.2 Å². The SMILES string of the molecule is CN1CCN(c2ccc3nc(-c4cccc5c4-c4ccccc4C5N)[nH]c3c2)CC1. The number of hydrogen-bond donors (Lipinski definition) is 2. The molecule has 3 N–H and O–H groups in total. The number of fused-ring (bicyclic) bond motifs is 4. The second-order valence-corrected chi connectivity index (χ2v) is 8.41. The summed E-state index contributed by atoms with van der Waals surface area (Å²) in [7, 11) is 2.18. The fourth-order valence-electron chi connectivity index (χ4n) is 4.88. The molecule has 5 heteroatoms. The predicted molar refractivity (Wildman–Crippen MR) is 123 cm³/mol. The van der Waals surface area contributed by atoms with E-state index >= 15 is 0 Å². The fourth-order valence-corrected chi connectivity index (χ4v) is 4.88. The number of nitrogens with zero attached hydrogens (tertiary/aromatic N) is 3. The molecule has 1 saturated heterocycles. The number of piperazine rings is 1. The maximum Gasteiger partial charge on any atom is 0.139 e. The van der Waals surface area contributed by atoms with E-state index in [2.05, 4.69) is 82.5 Å². The van der Waals surface area contributed by atoms with Crippen molar-refractivity contribution in [2.45, 2.75) is 6.04 Å². The van der Waals surface area contributed by atoms with Gasteiger partial charge in [-0.3, -0.25) is 0 Å². The highest BCUT2D eigenvalue weighted by Crippen LogP contribution is 2.46. The monoisotopic (exact) mass is 395 g/mol. The third kappa shape index (κ3) is 2.66. The van der Waals surface area contributed by atoms with Crippen molar-refractivity contribution in [1.29, 1.82) is 0 Å². The summed E-state index contributed by atoms with van der Waals surface area (Å²) in [6, 6.07) is 21.3. The highest BCUT2D eigenvalue weighted by atomic mass is 15.2. The van der Waals surface area contributed by atoms with Crippen molar-refractivity contribution in [2.24, 2.45) is 5.73 Å². The van der Waals surface area contributed by atoms with Crippen LogP contribution in [0.5, 0.6) is 0 Å². The van der Waals surface area contributed by atoms with E-state index in [4.69, 9.17) is 10.7 Å². The molecule has 1 aromatic heterocycles. The molecule has 1 atom stereocenters. The van der Waals surface area contributed by atoms with Gasteiger partial charge in [-0.2, -0.15) is 0 Å². The van der Waals surface area contributed by atoms with Gasteiger partial charge < -0.3 is 20.5 Å². The molecule has 2 aliphatic rings. The Labute approximate surface area is 176 Å². The minimum atomic E-state index is -0.0793. The van der Waals surface area contributed by atoms with Gasteiger partial charge in [-0.05, 0) is 47.5 Å². The van der Waals surface area contributed by atoms with Crippen LogP contribution >= 0.6 is 0 Å². The quantitative estimate of drug-likeness (QED) is 0.538. The van der Waals surface area contributed by atoms with E-state index in [1.54, 1.807) is 0 Å². The molecule has 0 amide bonds. The van der Waals surface area contributed by atoms with Crippen molar-refractivity contribution >= 4 is 16.7 Å². The summed E-state index contributed by atoms with van der Waals surface area (Å²) in [5, 5.41) is 0. The lowest BCUT2D eigenvalue weighted by molar-refractivity contribution is 0.313. The van der Waals surface area contributed by atoms with Gasteiger partial charge in [0.15, 0.2) is 0 Å². The average Bonchev–Trinajstić information content (AvgIpc) is 3.33. The molecule has 3 aromatic carbocycles. The molecule has 6 rings (SSSR count). The first-order valence-corrected chi connectivity index (χ1v) is 10.6. The van der Waals surface area contributed by atoms with E-state index in [1.807, 2.05) is 0 Å². The molecule has 0 radical (unpaired) electrons. The third-order valence-corrected chi connectivity index (χ3v) is 6.59. The van der Waals surface area contributed by atoms with Crippen molar-refractivity contribution in [3.8, 4) is 22.5 Å². The number of imidazole rings is 1. The first-order chi connectivity index (χ1) is 14.7. The zero-order chi connectivity index (χ0) is 20.2. The summed E-state index contributed by atoms with van der Waals surface area (Å²) in [4.78, 5) is 13.4. The lowest BCUT2D eigenvalue weighted by Gasteiger charge is -2.34. The zero-order valence-electron chi connectivity index (χ0n) is 17.1. The third-order valence-electron chi connectivity index (χ3n) is 6.59. The van der Waals surface area contributed by atoms with Crippen molar-refractivity contribution in [1.82, 2.24) is 14.9 Å². The molecular formula is C25H25N5. The summed E-state index contributed by atoms with van der Waals surface area (Å²) in [5.41, 5.74) is 15.8. The molecule has 1 fully saturated rings. The molecule has 150 valence electrons. The Bertz CT molecular complexity index is 1250. The summed E-state index contributed by atoms with van der Waals surface area (Å²) >= 11 is 0. The predicted octanol–water partition coefficient (Wildman–Crippen LogP) is 4.01. The summed E-state index contributed by atoms with van der Waals surface area (Å²) < 4.78 is 0. The van der Waals surface area contributed by atoms with Gasteiger partial charge in [0.25, 0.3) is 0 Å². The minimum absolute atomic E-state index is 0.0793. The lowest BCUT2D eigenvalue weighted by Crippen LogP contribution is -2.44. The number of rotatable bonds is 2. The van der Waals surface area contributed by atoms with Gasteiger partial charge in [-0.1, -0.05) is 42.5 Å². The molecule has 30 heavy (non-hydrogen) atoms. The first kappa shape index (κ1) is 17.7. The van der Waals surface area contributed by atoms with Crippen molar-refractivity contribution < 1.29 is 0 Å². The van der Waals surface area contributed by atoms with Crippen LogP contribution < -0.4 is 10.6 Å². The molecule has 0 spiro atoms. The Morgan fingerprint density at radius 2 is 1.67 bits per heavy atom. The summed E-state index contributed by atoms with van der Waals surface area (Å²) in [6.45, 7) is 4.32. The molecule has 2 heterocycles. The van der Waals surface area contributed by atoms with E-state index in [9.17, 15) is 0 Å². The van der Waals surface area contributed by atoms with Crippen molar-refractivity contribution in [2.75, 3.05) is 38.1 Å². The second-order valence-electron chi connectivity index (χ2n) is 8.41. The van der Waals surface area contributed by atoms with E-state index in [1.165, 1.54) is 27.9 Å². The number of hydrogen-bond acceptors (Lipinski definition) is 4. The largest absolute Gasteiger partial charge is 0.369 e. The smallest absolute Gasteiger partial charge is 0.139 e. The fraction of sp³-hybridized carbons (Fsp3) is 0.240. The van der Waals surface area contributed by atoms with Crippen LogP contribution in [-0.2, 0) is 0 Å². The van der Waals surface area contributed by atoms with Crippen LogP contribution in [0.2, 0.25) is 0 Å². The van der Waals surface area contributed by atoms with E-state index in [0.29, 0.717) is 0 Å². The van der Waals surface area contributed by atoms with Crippen molar-refractivity contribution in [3.63, 3.8) is 0 Å². The Morgan fingerprint density at radius 3 is 2.53 bits per heavy atom. The minimum Gasteiger partial charge on any atom is -0.369 e. The lowest BCUT2D eigenvalue weighted by atomic mass is 9.99. The normalized spacial score (nSPS) is 18.6. The number of benzene rings is 3. The summed E-state index contributed by atoms with van der Waals surface area (Å²) in [6.07, 6.45) is 0. The maximum absolute atomic E-state index is 6.55. The Hall–Kier alpha value is -3.15. The van der Waals surface area contributed by atoms with Crippen LogP contribution in [0.15, 0.2) is 60.7 Å². The molecule has 0 bridgehead atoms. The highest BCUT2D eigenvalue weighted by molar-refractivity contribution is 5.92. The van der Waals surface area contributed by atoms with Gasteiger partial charge in [0.1, 0.15) is 5.82 Å². The van der Waals surface area contributed by atoms with Crippen LogP contribution in [0.3, 0.4) is 0 Å². The number of nitrogens with two attached hydrogens (primary N) is 1. The van der Waals surface area contributed by atoms with E-state index < -0.39 is 0 Å². The van der Waals surface area contributed by atoms with Gasteiger partial charge in [0.2, 0.25) is 0 Å². The molecule has 4 aromatic rings. The number of aromatic amines is 1. The van der Waals surface area contributed by atoms with E-state index in [0.717, 1.165) is 48.6 Å². The second kappa shape index (κ2) is 6.69. The van der Waals surface area contributed by atoms with Gasteiger partial charge in [0, 0.05) is 37.4 Å². The zero-order valence-corrected chi connectivity index (χ0v) is 17.1. The first-order valence-electron chi connectivity index (χ1n) is 10.6. The Balaban J connectivity index is 1.44. The van der Waals surface area contributed by atoms with Crippen LogP contribution in [0.25, 0.3) is 33.5 Å². The van der Waals surface area contributed by atoms with Crippen LogP contribution in [-0.4, -0.2) is 48.1 Å². The summed E-state index contributed by atoms with van der Waals surface area (Å²) in [5.74, 6) is 0.904. The maximum atomic E-state index is 6.55. The Kier molecular flexibility index (Phi) is 3.94. The number of likely N-dealkylation sites (N-methyl/N-ethyl adjacent to an activating group) is 1. The van der Waals surface area contributed by atoms with Crippen LogP contribution in [0.4, 0.5) is 5.69 Å². The average molecular weight is 396 g/mol. The number of nitrogens with one attached hydrogen (secondary N) is 1. The number of H-pyrrole nitrogens is 1. The molecule has 1 aliphatic heterocycles. The van der Waals surface area contributed by atoms with Gasteiger partial charge >= 0.3 is 0 Å². The highest BCUT2D eigenvalue weighted by Gasteiger charge is 2.28. The van der Waals surface area contributed by atoms with Crippen molar-refractivity contribution in [3.05, 3.63) is 71.8 Å². The Morgan fingerprint density at radius 1 is 0.900 bits per heavy atom. The van der Waals surface area contributed by atoms with Crippen LogP contribution in [0.1, 0.15) is 17.2 Å². The molecule has 1 unspecified atom stereocenters. The molecule has 1 aliphatic carbocycles. The van der Waals surface area contributed by atoms with E-state index in [-0.39, 0.29) is 6.04 Å². The molecular weight excluding hydrogens is 370 g/mol. The molecule has 5 nitrogen and oxygen atoms in total. The molecule has 0 saturated carbocycles. The standard InChI is InChI=1S/C25H25N5/c1-29-11-13-30(14-12-29)16-9-10-21-22(15-16)28-25(27-21)20-8-4-7-19-23(20)17-5-2-3-6-18(17)24(19)26/h2-10,15,24H,11-14,26H2,1H3,(H,27,28). The van der Waals surface area contributed by atoms with Gasteiger partial charge in [0.05, 0.1) is 17.1 Å². The number of anilines is 1. The number of aromatic nitrogens is 2. The van der Waals surface area contributed by atoms with Gasteiger partial charge in [-0.25, -0.2) is 4.98 Å². The van der Waals surface area contributed by atoms with Crippen LogP contribution in [0, 0.1) is 0 Å².